The number of methoxy groups -OCH3 is 1. The van der Waals surface area contributed by atoms with Crippen molar-refractivity contribution in [1.82, 2.24) is 9.97 Å². The first-order valence-electron chi connectivity index (χ1n) is 7.87. The number of nitrogens with zero attached hydrogens (tertiary/aromatic N) is 3. The fourth-order valence-electron chi connectivity index (χ4n) is 3.04. The molecule has 1 fully saturated rings. The van der Waals surface area contributed by atoms with E-state index >= 15 is 0 Å². The van der Waals surface area contributed by atoms with E-state index in [0.29, 0.717) is 6.04 Å². The Morgan fingerprint density at radius 1 is 1.32 bits per heavy atom. The number of benzene rings is 1. The van der Waals surface area contributed by atoms with Gasteiger partial charge in [0.25, 0.3) is 0 Å². The van der Waals surface area contributed by atoms with Crippen LogP contribution in [0.4, 0.5) is 5.95 Å². The molecule has 116 valence electrons. The summed E-state index contributed by atoms with van der Waals surface area (Å²) in [6.07, 6.45) is 5.32. The summed E-state index contributed by atoms with van der Waals surface area (Å²) < 4.78 is 5.32. The molecule has 1 unspecified atom stereocenters. The molecular formula is C18H23N3O. The molecule has 0 radical (unpaired) electrons. The number of ether oxygens (including phenoxy) is 1. The molecule has 1 aromatic heterocycles. The van der Waals surface area contributed by atoms with Gasteiger partial charge in [0.15, 0.2) is 0 Å². The predicted molar refractivity (Wildman–Crippen MR) is 88.6 cm³/mol. The molecule has 22 heavy (non-hydrogen) atoms. The Kier molecular flexibility index (Phi) is 4.27. The number of rotatable bonds is 4. The van der Waals surface area contributed by atoms with Gasteiger partial charge in [-0.1, -0.05) is 12.1 Å². The maximum Gasteiger partial charge on any atom is 0.225 e. The van der Waals surface area contributed by atoms with E-state index < -0.39 is 0 Å². The van der Waals surface area contributed by atoms with Crippen LogP contribution in [0.2, 0.25) is 0 Å². The third-order valence-corrected chi connectivity index (χ3v) is 4.45. The molecule has 1 aliphatic rings. The zero-order chi connectivity index (χ0) is 15.5. The number of hydrogen-bond donors (Lipinski definition) is 0. The summed E-state index contributed by atoms with van der Waals surface area (Å²) >= 11 is 0. The second-order valence-electron chi connectivity index (χ2n) is 5.98. The van der Waals surface area contributed by atoms with E-state index in [2.05, 4.69) is 40.0 Å². The van der Waals surface area contributed by atoms with E-state index in [1.165, 1.54) is 18.4 Å². The molecule has 0 bridgehead atoms. The summed E-state index contributed by atoms with van der Waals surface area (Å²) in [5.41, 5.74) is 3.52. The average molecular weight is 297 g/mol. The normalized spacial score (nSPS) is 17.8. The molecule has 0 N–H and O–H groups in total. The van der Waals surface area contributed by atoms with Gasteiger partial charge in [0.1, 0.15) is 5.75 Å². The smallest absolute Gasteiger partial charge is 0.225 e. The van der Waals surface area contributed by atoms with Crippen LogP contribution in [0.3, 0.4) is 0 Å². The highest BCUT2D eigenvalue weighted by molar-refractivity contribution is 5.37. The summed E-state index contributed by atoms with van der Waals surface area (Å²) in [5, 5.41) is 0. The maximum absolute atomic E-state index is 5.32. The second kappa shape index (κ2) is 6.34. The van der Waals surface area contributed by atoms with Crippen LogP contribution < -0.4 is 9.64 Å². The fraction of sp³-hybridized carbons (Fsp3) is 0.444. The third kappa shape index (κ3) is 3.06. The molecule has 1 atom stereocenters. The van der Waals surface area contributed by atoms with Crippen molar-refractivity contribution < 1.29 is 4.74 Å². The van der Waals surface area contributed by atoms with E-state index in [1.807, 2.05) is 19.2 Å². The lowest BCUT2D eigenvalue weighted by atomic mass is 10.0. The summed E-state index contributed by atoms with van der Waals surface area (Å²) in [6, 6.07) is 8.80. The minimum absolute atomic E-state index is 0.467. The first kappa shape index (κ1) is 14.8. The second-order valence-corrected chi connectivity index (χ2v) is 5.98. The van der Waals surface area contributed by atoms with Gasteiger partial charge in [-0.15, -0.1) is 0 Å². The highest BCUT2D eigenvalue weighted by Crippen LogP contribution is 2.26. The van der Waals surface area contributed by atoms with Gasteiger partial charge in [-0.25, -0.2) is 9.97 Å². The maximum atomic E-state index is 5.32. The van der Waals surface area contributed by atoms with Gasteiger partial charge < -0.3 is 9.64 Å². The van der Waals surface area contributed by atoms with Gasteiger partial charge in [-0.2, -0.15) is 0 Å². The Bertz CT molecular complexity index is 657. The van der Waals surface area contributed by atoms with Crippen LogP contribution in [0.5, 0.6) is 5.75 Å². The van der Waals surface area contributed by atoms with Crippen LogP contribution >= 0.6 is 0 Å². The van der Waals surface area contributed by atoms with Gasteiger partial charge in [-0.05, 0) is 56.4 Å². The number of aryl methyl sites for hydroxylation is 2. The van der Waals surface area contributed by atoms with Crippen molar-refractivity contribution >= 4 is 5.95 Å². The molecule has 0 spiro atoms. The van der Waals surface area contributed by atoms with Crippen molar-refractivity contribution in [3.8, 4) is 5.75 Å². The van der Waals surface area contributed by atoms with E-state index in [0.717, 1.165) is 35.9 Å². The van der Waals surface area contributed by atoms with Gasteiger partial charge in [-0.3, -0.25) is 0 Å². The lowest BCUT2D eigenvalue weighted by molar-refractivity contribution is 0.414. The minimum atomic E-state index is 0.467. The van der Waals surface area contributed by atoms with E-state index in [9.17, 15) is 0 Å². The molecule has 2 heterocycles. The molecule has 1 aromatic carbocycles. The van der Waals surface area contributed by atoms with Crippen molar-refractivity contribution in [2.75, 3.05) is 18.6 Å². The van der Waals surface area contributed by atoms with Crippen LogP contribution in [0.1, 0.15) is 29.7 Å². The highest BCUT2D eigenvalue weighted by Gasteiger charge is 2.27. The van der Waals surface area contributed by atoms with E-state index in [-0.39, 0.29) is 0 Å². The summed E-state index contributed by atoms with van der Waals surface area (Å²) in [7, 11) is 1.71. The molecule has 1 saturated heterocycles. The Morgan fingerprint density at radius 3 is 2.95 bits per heavy atom. The van der Waals surface area contributed by atoms with Crippen LogP contribution in [0, 0.1) is 13.8 Å². The van der Waals surface area contributed by atoms with E-state index in [4.69, 9.17) is 4.74 Å². The summed E-state index contributed by atoms with van der Waals surface area (Å²) in [5.74, 6) is 1.79. The highest BCUT2D eigenvalue weighted by atomic mass is 16.5. The monoisotopic (exact) mass is 297 g/mol. The van der Waals surface area contributed by atoms with E-state index in [1.54, 1.807) is 7.11 Å². The van der Waals surface area contributed by atoms with Crippen LogP contribution in [-0.4, -0.2) is 29.7 Å². The quantitative estimate of drug-likeness (QED) is 0.868. The lowest BCUT2D eigenvalue weighted by Gasteiger charge is -2.25. The molecule has 0 saturated carbocycles. The first-order valence-corrected chi connectivity index (χ1v) is 7.87. The largest absolute Gasteiger partial charge is 0.497 e. The molecule has 3 rings (SSSR count). The lowest BCUT2D eigenvalue weighted by Crippen LogP contribution is -2.32. The molecule has 4 nitrogen and oxygen atoms in total. The topological polar surface area (TPSA) is 38.2 Å². The van der Waals surface area contributed by atoms with Crippen molar-refractivity contribution in [2.24, 2.45) is 0 Å². The Morgan fingerprint density at radius 2 is 2.18 bits per heavy atom. The zero-order valence-electron chi connectivity index (χ0n) is 13.5. The Hall–Kier alpha value is -2.10. The predicted octanol–water partition coefficient (Wildman–Crippen LogP) is 3.31. The van der Waals surface area contributed by atoms with Crippen molar-refractivity contribution in [3.05, 3.63) is 47.3 Å². The zero-order valence-corrected chi connectivity index (χ0v) is 13.5. The number of aromatic nitrogens is 2. The molecule has 4 heteroatoms. The van der Waals surface area contributed by atoms with Gasteiger partial charge >= 0.3 is 0 Å². The molecule has 0 aliphatic carbocycles. The van der Waals surface area contributed by atoms with Crippen molar-refractivity contribution in [2.45, 2.75) is 39.2 Å². The van der Waals surface area contributed by atoms with Gasteiger partial charge in [0, 0.05) is 24.5 Å². The first-order chi connectivity index (χ1) is 10.7. The van der Waals surface area contributed by atoms with Crippen LogP contribution in [0.15, 0.2) is 30.5 Å². The third-order valence-electron chi connectivity index (χ3n) is 4.45. The molecule has 0 amide bonds. The van der Waals surface area contributed by atoms with Crippen molar-refractivity contribution in [1.29, 1.82) is 0 Å². The van der Waals surface area contributed by atoms with Crippen LogP contribution in [-0.2, 0) is 6.42 Å². The van der Waals surface area contributed by atoms with Gasteiger partial charge in [0.05, 0.1) is 7.11 Å². The Labute approximate surface area is 132 Å². The molecule has 2 aromatic rings. The standard InChI is InChI=1S/C18H23N3O/c1-13-12-19-18(20-14(13)2)21-9-5-7-16(21)10-15-6-4-8-17(11-15)22-3/h4,6,8,11-12,16H,5,7,9-10H2,1-3H3. The number of hydrogen-bond acceptors (Lipinski definition) is 4. The van der Waals surface area contributed by atoms with Crippen LogP contribution in [0.25, 0.3) is 0 Å². The average Bonchev–Trinajstić information content (AvgIpc) is 2.98. The fourth-order valence-corrected chi connectivity index (χ4v) is 3.04. The molecule has 1 aliphatic heterocycles. The Balaban J connectivity index is 1.79. The summed E-state index contributed by atoms with van der Waals surface area (Å²) in [4.78, 5) is 11.6. The van der Waals surface area contributed by atoms with Crippen molar-refractivity contribution in [3.63, 3.8) is 0 Å². The SMILES string of the molecule is COc1cccc(CC2CCCN2c2ncc(C)c(C)n2)c1. The number of anilines is 1. The molecular weight excluding hydrogens is 274 g/mol. The minimum Gasteiger partial charge on any atom is -0.497 e. The summed E-state index contributed by atoms with van der Waals surface area (Å²) in [6.45, 7) is 5.14. The van der Waals surface area contributed by atoms with Gasteiger partial charge in [0.2, 0.25) is 5.95 Å².